The Labute approximate surface area is 89.5 Å². The average molecular weight is 270 g/mol. The molecule has 0 amide bonds. The molecular formula is C8H10BrClOS. The lowest BCUT2D eigenvalue weighted by atomic mass is 10.2. The SMILES string of the molecule is C[C@H](O)CCc1cc(Br)c(Cl)s1. The summed E-state index contributed by atoms with van der Waals surface area (Å²) < 4.78 is 1.74. The van der Waals surface area contributed by atoms with Crippen molar-refractivity contribution >= 4 is 38.9 Å². The van der Waals surface area contributed by atoms with E-state index in [1.54, 1.807) is 18.3 Å². The maximum Gasteiger partial charge on any atom is 0.107 e. The number of halogens is 2. The molecule has 12 heavy (non-hydrogen) atoms. The monoisotopic (exact) mass is 268 g/mol. The minimum atomic E-state index is -0.232. The molecule has 0 saturated heterocycles. The molecule has 1 aromatic heterocycles. The number of aryl methyl sites for hydroxylation is 1. The minimum Gasteiger partial charge on any atom is -0.393 e. The number of hydrogen-bond donors (Lipinski definition) is 1. The zero-order chi connectivity index (χ0) is 9.14. The van der Waals surface area contributed by atoms with Crippen LogP contribution in [0.4, 0.5) is 0 Å². The number of hydrogen-bond acceptors (Lipinski definition) is 2. The number of aliphatic hydroxyl groups is 1. The largest absolute Gasteiger partial charge is 0.393 e. The van der Waals surface area contributed by atoms with Gasteiger partial charge in [0.15, 0.2) is 0 Å². The van der Waals surface area contributed by atoms with Gasteiger partial charge in [-0.3, -0.25) is 0 Å². The predicted octanol–water partition coefficient (Wildman–Crippen LogP) is 3.48. The van der Waals surface area contributed by atoms with Gasteiger partial charge < -0.3 is 5.11 Å². The van der Waals surface area contributed by atoms with E-state index >= 15 is 0 Å². The summed E-state index contributed by atoms with van der Waals surface area (Å²) in [5.41, 5.74) is 0. The van der Waals surface area contributed by atoms with Crippen LogP contribution in [0.1, 0.15) is 18.2 Å². The van der Waals surface area contributed by atoms with Crippen molar-refractivity contribution < 1.29 is 5.11 Å². The molecule has 1 aromatic rings. The van der Waals surface area contributed by atoms with Gasteiger partial charge in [0.25, 0.3) is 0 Å². The van der Waals surface area contributed by atoms with E-state index in [0.717, 1.165) is 21.7 Å². The smallest absolute Gasteiger partial charge is 0.107 e. The molecule has 0 saturated carbocycles. The fourth-order valence-corrected chi connectivity index (χ4v) is 2.67. The van der Waals surface area contributed by atoms with Gasteiger partial charge in [0.05, 0.1) is 6.10 Å². The highest BCUT2D eigenvalue weighted by Crippen LogP contribution is 2.32. The van der Waals surface area contributed by atoms with Crippen LogP contribution < -0.4 is 0 Å². The summed E-state index contributed by atoms with van der Waals surface area (Å²) in [7, 11) is 0. The predicted molar refractivity (Wildman–Crippen MR) is 57.0 cm³/mol. The summed E-state index contributed by atoms with van der Waals surface area (Å²) in [6, 6.07) is 2.01. The van der Waals surface area contributed by atoms with Crippen molar-refractivity contribution in [3.8, 4) is 0 Å². The third kappa shape index (κ3) is 3.05. The Kier molecular flexibility index (Phi) is 4.03. The summed E-state index contributed by atoms with van der Waals surface area (Å²) in [5, 5.41) is 9.05. The molecule has 0 spiro atoms. The van der Waals surface area contributed by atoms with Crippen molar-refractivity contribution in [1.29, 1.82) is 0 Å². The maximum atomic E-state index is 9.05. The molecule has 1 heterocycles. The van der Waals surface area contributed by atoms with Crippen molar-refractivity contribution in [1.82, 2.24) is 0 Å². The van der Waals surface area contributed by atoms with E-state index in [1.807, 2.05) is 6.07 Å². The van der Waals surface area contributed by atoms with Gasteiger partial charge in [-0.2, -0.15) is 0 Å². The highest BCUT2D eigenvalue weighted by atomic mass is 79.9. The van der Waals surface area contributed by atoms with E-state index in [2.05, 4.69) is 15.9 Å². The standard InChI is InChI=1S/C8H10BrClOS/c1-5(11)2-3-6-4-7(9)8(10)12-6/h4-5,11H,2-3H2,1H3/t5-/m0/s1. The highest BCUT2D eigenvalue weighted by molar-refractivity contribution is 9.10. The van der Waals surface area contributed by atoms with Gasteiger partial charge in [-0.25, -0.2) is 0 Å². The summed E-state index contributed by atoms with van der Waals surface area (Å²) in [5.74, 6) is 0. The molecule has 68 valence electrons. The van der Waals surface area contributed by atoms with Gasteiger partial charge in [-0.05, 0) is 41.8 Å². The molecule has 0 aliphatic rings. The van der Waals surface area contributed by atoms with Crippen LogP contribution in [0.15, 0.2) is 10.5 Å². The summed E-state index contributed by atoms with van der Waals surface area (Å²) in [6.07, 6.45) is 1.46. The topological polar surface area (TPSA) is 20.2 Å². The molecule has 1 N–H and O–H groups in total. The van der Waals surface area contributed by atoms with Crippen molar-refractivity contribution in [2.75, 3.05) is 0 Å². The first kappa shape index (κ1) is 10.5. The molecular weight excluding hydrogens is 260 g/mol. The molecule has 0 aliphatic heterocycles. The molecule has 0 aromatic carbocycles. The molecule has 0 unspecified atom stereocenters. The van der Waals surface area contributed by atoms with Crippen LogP contribution in [-0.2, 0) is 6.42 Å². The normalized spacial score (nSPS) is 13.3. The second-order valence-corrected chi connectivity index (χ2v) is 5.32. The third-order valence-electron chi connectivity index (χ3n) is 1.50. The molecule has 1 nitrogen and oxygen atoms in total. The zero-order valence-electron chi connectivity index (χ0n) is 6.68. The van der Waals surface area contributed by atoms with Gasteiger partial charge >= 0.3 is 0 Å². The van der Waals surface area contributed by atoms with E-state index in [4.69, 9.17) is 16.7 Å². The Morgan fingerprint density at radius 3 is 2.83 bits per heavy atom. The third-order valence-corrected chi connectivity index (χ3v) is 4.04. The van der Waals surface area contributed by atoms with Gasteiger partial charge in [-0.1, -0.05) is 11.6 Å². The van der Waals surface area contributed by atoms with Gasteiger partial charge in [0.1, 0.15) is 4.34 Å². The fraction of sp³-hybridized carbons (Fsp3) is 0.500. The van der Waals surface area contributed by atoms with Crippen molar-refractivity contribution in [2.24, 2.45) is 0 Å². The summed E-state index contributed by atoms with van der Waals surface area (Å²) in [4.78, 5) is 1.22. The Bertz CT molecular complexity index is 240. The molecule has 1 rings (SSSR count). The lowest BCUT2D eigenvalue weighted by Gasteiger charge is -2.00. The lowest BCUT2D eigenvalue weighted by molar-refractivity contribution is 0.185. The van der Waals surface area contributed by atoms with E-state index in [1.165, 1.54) is 4.88 Å². The van der Waals surface area contributed by atoms with E-state index in [9.17, 15) is 0 Å². The summed E-state index contributed by atoms with van der Waals surface area (Å²) in [6.45, 7) is 1.80. The Hall–Kier alpha value is 0.430. The highest BCUT2D eigenvalue weighted by Gasteiger charge is 2.05. The molecule has 0 radical (unpaired) electrons. The van der Waals surface area contributed by atoms with Crippen molar-refractivity contribution in [3.63, 3.8) is 0 Å². The molecule has 0 bridgehead atoms. The van der Waals surface area contributed by atoms with Crippen molar-refractivity contribution in [2.45, 2.75) is 25.9 Å². The quantitative estimate of drug-likeness (QED) is 0.891. The van der Waals surface area contributed by atoms with Crippen molar-refractivity contribution in [3.05, 3.63) is 19.8 Å². The van der Waals surface area contributed by atoms with Crippen LogP contribution in [0.2, 0.25) is 4.34 Å². The Morgan fingerprint density at radius 1 is 1.75 bits per heavy atom. The molecule has 0 aliphatic carbocycles. The molecule has 0 fully saturated rings. The fourth-order valence-electron chi connectivity index (χ4n) is 0.866. The van der Waals surface area contributed by atoms with Crippen LogP contribution in [0.5, 0.6) is 0 Å². The molecule has 1 atom stereocenters. The second-order valence-electron chi connectivity index (χ2n) is 2.72. The number of aliphatic hydroxyl groups excluding tert-OH is 1. The average Bonchev–Trinajstić information content (AvgIpc) is 2.28. The lowest BCUT2D eigenvalue weighted by Crippen LogP contribution is -1.99. The number of thiophene rings is 1. The summed E-state index contributed by atoms with van der Waals surface area (Å²) >= 11 is 10.8. The molecule has 4 heteroatoms. The Morgan fingerprint density at radius 2 is 2.42 bits per heavy atom. The zero-order valence-corrected chi connectivity index (χ0v) is 9.84. The van der Waals surface area contributed by atoms with E-state index < -0.39 is 0 Å². The van der Waals surface area contributed by atoms with Crippen LogP contribution in [0, 0.1) is 0 Å². The second kappa shape index (κ2) is 4.61. The minimum absolute atomic E-state index is 0.232. The van der Waals surface area contributed by atoms with E-state index in [-0.39, 0.29) is 6.10 Å². The Balaban J connectivity index is 2.53. The first-order chi connectivity index (χ1) is 5.59. The van der Waals surface area contributed by atoms with Crippen LogP contribution in [0.25, 0.3) is 0 Å². The first-order valence-electron chi connectivity index (χ1n) is 3.71. The van der Waals surface area contributed by atoms with Gasteiger partial charge in [-0.15, -0.1) is 11.3 Å². The number of rotatable bonds is 3. The van der Waals surface area contributed by atoms with Gasteiger partial charge in [0.2, 0.25) is 0 Å². The van der Waals surface area contributed by atoms with E-state index in [0.29, 0.717) is 0 Å². The van der Waals surface area contributed by atoms with Gasteiger partial charge in [0, 0.05) is 9.35 Å². The van der Waals surface area contributed by atoms with Crippen LogP contribution >= 0.6 is 38.9 Å². The van der Waals surface area contributed by atoms with Crippen LogP contribution in [-0.4, -0.2) is 11.2 Å². The first-order valence-corrected chi connectivity index (χ1v) is 5.70. The maximum absolute atomic E-state index is 9.05. The van der Waals surface area contributed by atoms with Crippen LogP contribution in [0.3, 0.4) is 0 Å².